The minimum Gasteiger partial charge on any atom is -0.358 e. The molecular formula is C16H26N2OS. The first-order chi connectivity index (χ1) is 9.47. The third-order valence-electron chi connectivity index (χ3n) is 3.34. The molecule has 2 N–H and O–H groups in total. The number of nitrogens with one attached hydrogen (secondary N) is 2. The van der Waals surface area contributed by atoms with Crippen molar-refractivity contribution < 1.29 is 4.79 Å². The summed E-state index contributed by atoms with van der Waals surface area (Å²) in [5, 5.41) is 6.17. The van der Waals surface area contributed by atoms with E-state index in [-0.39, 0.29) is 18.0 Å². The molecule has 0 aliphatic carbocycles. The van der Waals surface area contributed by atoms with Crippen LogP contribution < -0.4 is 10.6 Å². The van der Waals surface area contributed by atoms with Gasteiger partial charge in [0.25, 0.3) is 0 Å². The predicted molar refractivity (Wildman–Crippen MR) is 87.1 cm³/mol. The number of hydrogen-bond acceptors (Lipinski definition) is 3. The Kier molecular flexibility index (Phi) is 7.10. The summed E-state index contributed by atoms with van der Waals surface area (Å²) in [6.45, 7) is 6.37. The van der Waals surface area contributed by atoms with Gasteiger partial charge in [-0.1, -0.05) is 26.0 Å². The SMILES string of the molecule is CNC(=O)C(CC(C)C)NC(C)c1ccc(SC)cc1. The highest BCUT2D eigenvalue weighted by Gasteiger charge is 2.20. The third-order valence-corrected chi connectivity index (χ3v) is 4.08. The molecule has 0 saturated carbocycles. The van der Waals surface area contributed by atoms with E-state index in [1.165, 1.54) is 10.5 Å². The molecule has 0 aromatic heterocycles. The Morgan fingerprint density at radius 3 is 2.25 bits per heavy atom. The molecule has 112 valence electrons. The maximum atomic E-state index is 11.9. The van der Waals surface area contributed by atoms with Crippen LogP contribution in [0.1, 0.15) is 38.8 Å². The molecule has 1 aromatic rings. The monoisotopic (exact) mass is 294 g/mol. The zero-order valence-corrected chi connectivity index (χ0v) is 13.9. The van der Waals surface area contributed by atoms with Crippen LogP contribution in [0, 0.1) is 5.92 Å². The van der Waals surface area contributed by atoms with Crippen LogP contribution in [-0.4, -0.2) is 25.3 Å². The Bertz CT molecular complexity index is 417. The van der Waals surface area contributed by atoms with Gasteiger partial charge in [0.2, 0.25) is 5.91 Å². The number of amides is 1. The molecule has 0 bridgehead atoms. The highest BCUT2D eigenvalue weighted by molar-refractivity contribution is 7.98. The molecular weight excluding hydrogens is 268 g/mol. The number of carbonyl (C=O) groups is 1. The maximum Gasteiger partial charge on any atom is 0.236 e. The lowest BCUT2D eigenvalue weighted by atomic mass is 10.0. The molecule has 0 aliphatic heterocycles. The summed E-state index contributed by atoms with van der Waals surface area (Å²) in [4.78, 5) is 13.2. The summed E-state index contributed by atoms with van der Waals surface area (Å²) in [6, 6.07) is 8.51. The summed E-state index contributed by atoms with van der Waals surface area (Å²) in [6.07, 6.45) is 2.91. The molecule has 0 heterocycles. The fourth-order valence-electron chi connectivity index (χ4n) is 2.19. The van der Waals surface area contributed by atoms with Crippen molar-refractivity contribution in [2.45, 2.75) is 44.2 Å². The molecule has 0 radical (unpaired) electrons. The molecule has 1 rings (SSSR count). The first kappa shape index (κ1) is 17.1. The van der Waals surface area contributed by atoms with Gasteiger partial charge in [-0.05, 0) is 43.2 Å². The molecule has 0 fully saturated rings. The van der Waals surface area contributed by atoms with E-state index in [0.29, 0.717) is 5.92 Å². The zero-order valence-electron chi connectivity index (χ0n) is 13.1. The molecule has 4 heteroatoms. The van der Waals surface area contributed by atoms with E-state index in [9.17, 15) is 4.79 Å². The summed E-state index contributed by atoms with van der Waals surface area (Å²) < 4.78 is 0. The van der Waals surface area contributed by atoms with Gasteiger partial charge in [0.1, 0.15) is 0 Å². The quantitative estimate of drug-likeness (QED) is 0.759. The number of carbonyl (C=O) groups excluding carboxylic acids is 1. The van der Waals surface area contributed by atoms with Crippen LogP contribution >= 0.6 is 11.8 Å². The summed E-state index contributed by atoms with van der Waals surface area (Å²) in [5.74, 6) is 0.544. The molecule has 3 nitrogen and oxygen atoms in total. The lowest BCUT2D eigenvalue weighted by molar-refractivity contribution is -0.123. The molecule has 2 atom stereocenters. The number of benzene rings is 1. The third kappa shape index (κ3) is 5.17. The topological polar surface area (TPSA) is 41.1 Å². The average molecular weight is 294 g/mol. The van der Waals surface area contributed by atoms with Crippen LogP contribution in [0.4, 0.5) is 0 Å². The van der Waals surface area contributed by atoms with E-state index in [4.69, 9.17) is 0 Å². The zero-order chi connectivity index (χ0) is 15.1. The van der Waals surface area contributed by atoms with Crippen LogP contribution in [0.2, 0.25) is 0 Å². The van der Waals surface area contributed by atoms with Gasteiger partial charge >= 0.3 is 0 Å². The summed E-state index contributed by atoms with van der Waals surface area (Å²) in [5.41, 5.74) is 1.21. The van der Waals surface area contributed by atoms with Gasteiger partial charge in [0.05, 0.1) is 6.04 Å². The number of likely N-dealkylation sites (N-methyl/N-ethyl adjacent to an activating group) is 1. The lowest BCUT2D eigenvalue weighted by Crippen LogP contribution is -2.44. The number of hydrogen-bond donors (Lipinski definition) is 2. The van der Waals surface area contributed by atoms with E-state index >= 15 is 0 Å². The highest BCUT2D eigenvalue weighted by Crippen LogP contribution is 2.20. The van der Waals surface area contributed by atoms with Crippen molar-refractivity contribution in [2.75, 3.05) is 13.3 Å². The Hall–Kier alpha value is -1.00. The van der Waals surface area contributed by atoms with E-state index in [0.717, 1.165) is 6.42 Å². The molecule has 0 saturated heterocycles. The molecule has 1 aromatic carbocycles. The molecule has 0 spiro atoms. The van der Waals surface area contributed by atoms with Gasteiger partial charge in [-0.15, -0.1) is 11.8 Å². The minimum atomic E-state index is -0.143. The van der Waals surface area contributed by atoms with Crippen molar-refractivity contribution in [1.29, 1.82) is 0 Å². The van der Waals surface area contributed by atoms with E-state index in [1.807, 2.05) is 0 Å². The van der Waals surface area contributed by atoms with Gasteiger partial charge in [0.15, 0.2) is 0 Å². The largest absolute Gasteiger partial charge is 0.358 e. The van der Waals surface area contributed by atoms with Crippen molar-refractivity contribution in [2.24, 2.45) is 5.92 Å². The first-order valence-electron chi connectivity index (χ1n) is 7.09. The van der Waals surface area contributed by atoms with Crippen LogP contribution in [0.5, 0.6) is 0 Å². The van der Waals surface area contributed by atoms with Gasteiger partial charge in [-0.3, -0.25) is 10.1 Å². The molecule has 20 heavy (non-hydrogen) atoms. The van der Waals surface area contributed by atoms with Gasteiger partial charge in [0, 0.05) is 18.0 Å². The van der Waals surface area contributed by atoms with Crippen molar-refractivity contribution >= 4 is 17.7 Å². The van der Waals surface area contributed by atoms with E-state index in [2.05, 4.69) is 61.9 Å². The van der Waals surface area contributed by atoms with Gasteiger partial charge in [-0.25, -0.2) is 0 Å². The summed E-state index contributed by atoms with van der Waals surface area (Å²) >= 11 is 1.74. The second kappa shape index (κ2) is 8.32. The van der Waals surface area contributed by atoms with Crippen LogP contribution in [0.3, 0.4) is 0 Å². The highest BCUT2D eigenvalue weighted by atomic mass is 32.2. The molecule has 2 unspecified atom stereocenters. The predicted octanol–water partition coefficient (Wildman–Crippen LogP) is 3.22. The minimum absolute atomic E-state index is 0.0614. The van der Waals surface area contributed by atoms with Gasteiger partial charge in [-0.2, -0.15) is 0 Å². The smallest absolute Gasteiger partial charge is 0.236 e. The fraction of sp³-hybridized carbons (Fsp3) is 0.562. The molecule has 1 amide bonds. The van der Waals surface area contributed by atoms with Crippen molar-refractivity contribution in [1.82, 2.24) is 10.6 Å². The second-order valence-corrected chi connectivity index (χ2v) is 6.34. The van der Waals surface area contributed by atoms with Crippen LogP contribution in [0.25, 0.3) is 0 Å². The van der Waals surface area contributed by atoms with Crippen molar-refractivity contribution in [3.63, 3.8) is 0 Å². The Balaban J connectivity index is 2.73. The van der Waals surface area contributed by atoms with E-state index < -0.39 is 0 Å². The Labute approximate surface area is 126 Å². The fourth-order valence-corrected chi connectivity index (χ4v) is 2.60. The number of thioether (sulfide) groups is 1. The first-order valence-corrected chi connectivity index (χ1v) is 8.32. The average Bonchev–Trinajstić information content (AvgIpc) is 2.45. The summed E-state index contributed by atoms with van der Waals surface area (Å²) in [7, 11) is 1.69. The Morgan fingerprint density at radius 1 is 1.20 bits per heavy atom. The van der Waals surface area contributed by atoms with Crippen LogP contribution in [0.15, 0.2) is 29.2 Å². The standard InChI is InChI=1S/C16H26N2OS/c1-11(2)10-15(16(19)17-4)18-12(3)13-6-8-14(20-5)9-7-13/h6-9,11-12,15,18H,10H2,1-5H3,(H,17,19). The molecule has 0 aliphatic rings. The van der Waals surface area contributed by atoms with Crippen molar-refractivity contribution in [3.05, 3.63) is 29.8 Å². The number of rotatable bonds is 7. The van der Waals surface area contributed by atoms with Gasteiger partial charge < -0.3 is 5.32 Å². The second-order valence-electron chi connectivity index (χ2n) is 5.46. The Morgan fingerprint density at radius 2 is 1.80 bits per heavy atom. The van der Waals surface area contributed by atoms with E-state index in [1.54, 1.807) is 18.8 Å². The normalized spacial score (nSPS) is 14.1. The maximum absolute atomic E-state index is 11.9. The lowest BCUT2D eigenvalue weighted by Gasteiger charge is -2.24. The van der Waals surface area contributed by atoms with Crippen LogP contribution in [-0.2, 0) is 4.79 Å². The van der Waals surface area contributed by atoms with Crippen molar-refractivity contribution in [3.8, 4) is 0 Å².